The molecule has 3 rings (SSSR count). The minimum atomic E-state index is 0.139. The zero-order valence-electron chi connectivity index (χ0n) is 13.0. The van der Waals surface area contributed by atoms with Gasteiger partial charge in [-0.15, -0.1) is 11.3 Å². The van der Waals surface area contributed by atoms with E-state index in [1.54, 1.807) is 11.3 Å². The Morgan fingerprint density at radius 1 is 1.36 bits per heavy atom. The number of rotatable bonds is 5. The Morgan fingerprint density at radius 3 is 2.95 bits per heavy atom. The van der Waals surface area contributed by atoms with E-state index >= 15 is 0 Å². The first kappa shape index (κ1) is 15.2. The number of hydrogen-bond acceptors (Lipinski definition) is 3. The predicted molar refractivity (Wildman–Crippen MR) is 90.1 cm³/mol. The van der Waals surface area contributed by atoms with Gasteiger partial charge in [-0.25, -0.2) is 4.98 Å². The molecule has 0 unspecified atom stereocenters. The average Bonchev–Trinajstić information content (AvgIpc) is 2.96. The predicted octanol–water partition coefficient (Wildman–Crippen LogP) is 3.31. The third-order valence-corrected chi connectivity index (χ3v) is 5.44. The lowest BCUT2D eigenvalue weighted by Crippen LogP contribution is -2.34. The van der Waals surface area contributed by atoms with Gasteiger partial charge in [-0.2, -0.15) is 0 Å². The number of thiazole rings is 1. The number of carbonyl (C=O) groups is 1. The minimum Gasteiger partial charge on any atom is -0.356 e. The summed E-state index contributed by atoms with van der Waals surface area (Å²) in [5, 5.41) is 3.11. The molecular formula is C18H22N2OS. The summed E-state index contributed by atoms with van der Waals surface area (Å²) >= 11 is 1.70. The van der Waals surface area contributed by atoms with E-state index in [-0.39, 0.29) is 11.8 Å². The van der Waals surface area contributed by atoms with Gasteiger partial charge in [0.05, 0.1) is 11.2 Å². The van der Waals surface area contributed by atoms with E-state index in [0.717, 1.165) is 44.3 Å². The van der Waals surface area contributed by atoms with Crippen molar-refractivity contribution in [3.63, 3.8) is 0 Å². The number of benzene rings is 1. The maximum atomic E-state index is 12.3. The molecule has 1 N–H and O–H groups in total. The van der Waals surface area contributed by atoms with Gasteiger partial charge >= 0.3 is 0 Å². The summed E-state index contributed by atoms with van der Waals surface area (Å²) in [4.78, 5) is 17.9. The van der Waals surface area contributed by atoms with Gasteiger partial charge in [-0.1, -0.05) is 24.3 Å². The van der Waals surface area contributed by atoms with Gasteiger partial charge in [0.25, 0.3) is 0 Å². The van der Waals surface area contributed by atoms with Crippen LogP contribution in [0.1, 0.15) is 34.5 Å². The second kappa shape index (κ2) is 7.05. The number of nitrogens with one attached hydrogen (secondary N) is 1. The molecule has 1 heterocycles. The third-order valence-electron chi connectivity index (χ3n) is 4.44. The molecule has 4 heteroatoms. The number of amides is 1. The van der Waals surface area contributed by atoms with Crippen LogP contribution in [0.4, 0.5) is 0 Å². The molecule has 22 heavy (non-hydrogen) atoms. The van der Waals surface area contributed by atoms with Gasteiger partial charge in [0.15, 0.2) is 0 Å². The van der Waals surface area contributed by atoms with Crippen molar-refractivity contribution < 1.29 is 4.79 Å². The van der Waals surface area contributed by atoms with Crippen molar-refractivity contribution in [1.82, 2.24) is 10.3 Å². The Hall–Kier alpha value is -1.68. The van der Waals surface area contributed by atoms with Crippen molar-refractivity contribution >= 4 is 17.2 Å². The van der Waals surface area contributed by atoms with Crippen LogP contribution in [0.25, 0.3) is 0 Å². The molecule has 0 saturated carbocycles. The van der Waals surface area contributed by atoms with Crippen LogP contribution < -0.4 is 5.32 Å². The molecule has 1 aromatic heterocycles. The van der Waals surface area contributed by atoms with Crippen LogP contribution in [0, 0.1) is 12.8 Å². The van der Waals surface area contributed by atoms with E-state index < -0.39 is 0 Å². The molecule has 0 fully saturated rings. The molecule has 1 atom stereocenters. The number of nitrogens with zero attached hydrogens (tertiary/aromatic N) is 1. The van der Waals surface area contributed by atoms with E-state index in [4.69, 9.17) is 0 Å². The SMILES string of the molecule is Cc1ncsc1CCCNC(=O)[C@H]1CCc2ccccc2C1. The van der Waals surface area contributed by atoms with Crippen molar-refractivity contribution in [3.8, 4) is 0 Å². The topological polar surface area (TPSA) is 42.0 Å². The van der Waals surface area contributed by atoms with Gasteiger partial charge in [0.2, 0.25) is 5.91 Å². The molecule has 1 amide bonds. The summed E-state index contributed by atoms with van der Waals surface area (Å²) in [5.74, 6) is 0.357. The summed E-state index contributed by atoms with van der Waals surface area (Å²) < 4.78 is 0. The monoisotopic (exact) mass is 314 g/mol. The zero-order chi connectivity index (χ0) is 15.4. The third kappa shape index (κ3) is 3.55. The van der Waals surface area contributed by atoms with Crippen LogP contribution in [-0.4, -0.2) is 17.4 Å². The van der Waals surface area contributed by atoms with Crippen molar-refractivity contribution in [2.45, 2.75) is 39.0 Å². The first-order chi connectivity index (χ1) is 10.7. The summed E-state index contributed by atoms with van der Waals surface area (Å²) in [6, 6.07) is 8.49. The molecule has 0 spiro atoms. The quantitative estimate of drug-likeness (QED) is 0.860. The molecule has 1 aromatic carbocycles. The van der Waals surface area contributed by atoms with Gasteiger partial charge in [0.1, 0.15) is 0 Å². The fourth-order valence-corrected chi connectivity index (χ4v) is 3.92. The number of aromatic nitrogens is 1. The summed E-state index contributed by atoms with van der Waals surface area (Å²) in [6.45, 7) is 2.80. The first-order valence-electron chi connectivity index (χ1n) is 7.97. The highest BCUT2D eigenvalue weighted by molar-refractivity contribution is 7.09. The van der Waals surface area contributed by atoms with E-state index in [2.05, 4.69) is 34.6 Å². The van der Waals surface area contributed by atoms with Crippen LogP contribution in [0.15, 0.2) is 29.8 Å². The van der Waals surface area contributed by atoms with Crippen LogP contribution in [0.2, 0.25) is 0 Å². The van der Waals surface area contributed by atoms with Crippen molar-refractivity contribution in [2.75, 3.05) is 6.54 Å². The van der Waals surface area contributed by atoms with Gasteiger partial charge in [-0.05, 0) is 50.2 Å². The lowest BCUT2D eigenvalue weighted by molar-refractivity contribution is -0.125. The Balaban J connectivity index is 1.44. The first-order valence-corrected chi connectivity index (χ1v) is 8.85. The molecule has 0 aliphatic heterocycles. The summed E-state index contributed by atoms with van der Waals surface area (Å²) in [5.41, 5.74) is 5.77. The summed E-state index contributed by atoms with van der Waals surface area (Å²) in [6.07, 6.45) is 4.86. The smallest absolute Gasteiger partial charge is 0.223 e. The Bertz CT molecular complexity index is 650. The van der Waals surface area contributed by atoms with E-state index in [1.165, 1.54) is 16.0 Å². The van der Waals surface area contributed by atoms with Crippen molar-refractivity contribution in [2.24, 2.45) is 5.92 Å². The molecule has 116 valence electrons. The Labute approximate surface area is 135 Å². The lowest BCUT2D eigenvalue weighted by atomic mass is 9.83. The zero-order valence-corrected chi connectivity index (χ0v) is 13.8. The second-order valence-corrected chi connectivity index (χ2v) is 6.90. The van der Waals surface area contributed by atoms with E-state index in [1.807, 2.05) is 12.4 Å². The molecule has 1 aliphatic carbocycles. The van der Waals surface area contributed by atoms with Gasteiger partial charge in [0, 0.05) is 17.3 Å². The van der Waals surface area contributed by atoms with E-state index in [9.17, 15) is 4.79 Å². The maximum Gasteiger partial charge on any atom is 0.223 e. The molecule has 3 nitrogen and oxygen atoms in total. The average molecular weight is 314 g/mol. The highest BCUT2D eigenvalue weighted by Crippen LogP contribution is 2.25. The molecule has 0 bridgehead atoms. The maximum absolute atomic E-state index is 12.3. The molecular weight excluding hydrogens is 292 g/mol. The fourth-order valence-electron chi connectivity index (χ4n) is 3.09. The largest absolute Gasteiger partial charge is 0.356 e. The summed E-state index contributed by atoms with van der Waals surface area (Å²) in [7, 11) is 0. The standard InChI is InChI=1S/C18H22N2OS/c1-13-17(22-12-20-13)7-4-10-19-18(21)16-9-8-14-5-2-3-6-15(14)11-16/h2-3,5-6,12,16H,4,7-11H2,1H3,(H,19,21)/t16-/m0/s1. The van der Waals surface area contributed by atoms with Crippen LogP contribution in [-0.2, 0) is 24.1 Å². The second-order valence-electron chi connectivity index (χ2n) is 5.96. The minimum absolute atomic E-state index is 0.139. The highest BCUT2D eigenvalue weighted by Gasteiger charge is 2.23. The Kier molecular flexibility index (Phi) is 4.88. The van der Waals surface area contributed by atoms with E-state index in [0.29, 0.717) is 0 Å². The number of carbonyl (C=O) groups excluding carboxylic acids is 1. The normalized spacial score (nSPS) is 17.0. The lowest BCUT2D eigenvalue weighted by Gasteiger charge is -2.23. The Morgan fingerprint density at radius 2 is 2.18 bits per heavy atom. The van der Waals surface area contributed by atoms with Crippen LogP contribution in [0.3, 0.4) is 0 Å². The highest BCUT2D eigenvalue weighted by atomic mass is 32.1. The van der Waals surface area contributed by atoms with Crippen LogP contribution in [0.5, 0.6) is 0 Å². The van der Waals surface area contributed by atoms with Crippen LogP contribution >= 0.6 is 11.3 Å². The molecule has 0 saturated heterocycles. The van der Waals surface area contributed by atoms with Crippen molar-refractivity contribution in [3.05, 3.63) is 51.5 Å². The number of hydrogen-bond donors (Lipinski definition) is 1. The molecule has 1 aliphatic rings. The van der Waals surface area contributed by atoms with Crippen molar-refractivity contribution in [1.29, 1.82) is 0 Å². The number of aryl methyl sites for hydroxylation is 3. The van der Waals surface area contributed by atoms with Gasteiger partial charge in [-0.3, -0.25) is 4.79 Å². The number of fused-ring (bicyclic) bond motifs is 1. The molecule has 2 aromatic rings. The van der Waals surface area contributed by atoms with Gasteiger partial charge < -0.3 is 5.32 Å². The fraction of sp³-hybridized carbons (Fsp3) is 0.444. The molecule has 0 radical (unpaired) electrons.